The fraction of sp³-hybridized carbons (Fsp3) is 0.161. The molecule has 0 aliphatic rings. The number of amides is 2. The van der Waals surface area contributed by atoms with Crippen LogP contribution in [-0.2, 0) is 11.2 Å². The number of carbonyl (C=O) groups is 1. The lowest BCUT2D eigenvalue weighted by atomic mass is 10.1. The number of nitrogens with one attached hydrogen (secondary N) is 2. The van der Waals surface area contributed by atoms with Crippen LogP contribution in [0, 0.1) is 0 Å². The molecule has 3 aromatic carbocycles. The zero-order valence-corrected chi connectivity index (χ0v) is 24.0. The van der Waals surface area contributed by atoms with Crippen LogP contribution in [0.2, 0.25) is 10.0 Å². The Morgan fingerprint density at radius 3 is 2.27 bits per heavy atom. The third kappa shape index (κ3) is 9.89. The molecule has 2 amide bonds. The SMILES string of the molecule is CCCNC(=O)Nc1cccc2cnccc12.Nc1cccc2cnccc12.O=C=NCCc1ccc(Cl)c(Cl)c1. The van der Waals surface area contributed by atoms with E-state index in [1.54, 1.807) is 30.7 Å². The number of carbonyl (C=O) groups excluding carboxylic acids is 2. The van der Waals surface area contributed by atoms with Gasteiger partial charge in [0, 0.05) is 58.6 Å². The molecule has 2 aromatic heterocycles. The van der Waals surface area contributed by atoms with E-state index in [-0.39, 0.29) is 6.03 Å². The summed E-state index contributed by atoms with van der Waals surface area (Å²) in [5, 5.41) is 10.8. The number of pyridine rings is 2. The van der Waals surface area contributed by atoms with Crippen LogP contribution in [0.1, 0.15) is 18.9 Å². The van der Waals surface area contributed by atoms with E-state index in [2.05, 4.69) is 25.6 Å². The molecule has 0 unspecified atom stereocenters. The number of rotatable bonds is 6. The van der Waals surface area contributed by atoms with Crippen molar-refractivity contribution in [1.82, 2.24) is 15.3 Å². The Labute approximate surface area is 248 Å². The molecule has 4 N–H and O–H groups in total. The van der Waals surface area contributed by atoms with Crippen LogP contribution in [0.4, 0.5) is 16.2 Å². The maximum Gasteiger partial charge on any atom is 0.319 e. The highest BCUT2D eigenvalue weighted by atomic mass is 35.5. The zero-order valence-electron chi connectivity index (χ0n) is 22.5. The zero-order chi connectivity index (χ0) is 29.5. The van der Waals surface area contributed by atoms with Crippen LogP contribution in [0.5, 0.6) is 0 Å². The molecule has 0 aliphatic carbocycles. The number of nitrogens with zero attached hydrogens (tertiary/aromatic N) is 3. The summed E-state index contributed by atoms with van der Waals surface area (Å²) >= 11 is 11.5. The molecule has 0 radical (unpaired) electrons. The molecular formula is C31H30Cl2N6O2. The highest BCUT2D eigenvalue weighted by Crippen LogP contribution is 2.23. The second-order valence-electron chi connectivity index (χ2n) is 8.70. The highest BCUT2D eigenvalue weighted by Gasteiger charge is 2.04. The van der Waals surface area contributed by atoms with Gasteiger partial charge in [0.25, 0.3) is 0 Å². The fourth-order valence-electron chi connectivity index (χ4n) is 3.71. The number of fused-ring (bicyclic) bond motifs is 2. The predicted molar refractivity (Wildman–Crippen MR) is 168 cm³/mol. The molecule has 41 heavy (non-hydrogen) atoms. The third-order valence-electron chi connectivity index (χ3n) is 5.74. The van der Waals surface area contributed by atoms with Gasteiger partial charge in [-0.25, -0.2) is 14.6 Å². The maximum absolute atomic E-state index is 11.6. The smallest absolute Gasteiger partial charge is 0.319 e. The lowest BCUT2D eigenvalue weighted by Gasteiger charge is -2.09. The Kier molecular flexibility index (Phi) is 12.6. The van der Waals surface area contributed by atoms with Gasteiger partial charge in [0.05, 0.1) is 22.3 Å². The Morgan fingerprint density at radius 1 is 0.927 bits per heavy atom. The average molecular weight is 590 g/mol. The summed E-state index contributed by atoms with van der Waals surface area (Å²) in [5.41, 5.74) is 8.35. The minimum atomic E-state index is -0.170. The quantitative estimate of drug-likeness (QED) is 0.108. The van der Waals surface area contributed by atoms with Gasteiger partial charge in [0.1, 0.15) is 0 Å². The number of benzene rings is 3. The lowest BCUT2D eigenvalue weighted by molar-refractivity contribution is 0.252. The van der Waals surface area contributed by atoms with Crippen molar-refractivity contribution in [2.24, 2.45) is 4.99 Å². The number of urea groups is 1. The Balaban J connectivity index is 0.000000174. The fourth-order valence-corrected chi connectivity index (χ4v) is 4.03. The van der Waals surface area contributed by atoms with Gasteiger partial charge in [-0.2, -0.15) is 0 Å². The number of nitrogen functional groups attached to an aromatic ring is 1. The summed E-state index contributed by atoms with van der Waals surface area (Å²) in [4.78, 5) is 32.8. The van der Waals surface area contributed by atoms with Crippen molar-refractivity contribution in [3.05, 3.63) is 107 Å². The second-order valence-corrected chi connectivity index (χ2v) is 9.51. The number of anilines is 2. The Hall–Kier alpha value is -4.49. The lowest BCUT2D eigenvalue weighted by Crippen LogP contribution is -2.29. The van der Waals surface area contributed by atoms with Crippen LogP contribution in [0.3, 0.4) is 0 Å². The molecule has 10 heteroatoms. The van der Waals surface area contributed by atoms with Crippen molar-refractivity contribution in [1.29, 1.82) is 0 Å². The first-order chi connectivity index (χ1) is 19.9. The number of hydrogen-bond donors (Lipinski definition) is 3. The number of isocyanates is 1. The summed E-state index contributed by atoms with van der Waals surface area (Å²) in [7, 11) is 0. The van der Waals surface area contributed by atoms with Crippen molar-refractivity contribution in [3.63, 3.8) is 0 Å². The van der Waals surface area contributed by atoms with Crippen LogP contribution in [0.15, 0.2) is 96.5 Å². The first-order valence-corrected chi connectivity index (χ1v) is 13.6. The van der Waals surface area contributed by atoms with Crippen molar-refractivity contribution >= 4 is 68.2 Å². The molecule has 0 spiro atoms. The molecule has 0 aliphatic heterocycles. The summed E-state index contributed by atoms with van der Waals surface area (Å²) in [6.07, 6.45) is 10.1. The van der Waals surface area contributed by atoms with Crippen LogP contribution in [0.25, 0.3) is 21.5 Å². The topological polar surface area (TPSA) is 122 Å². The van der Waals surface area contributed by atoms with E-state index in [9.17, 15) is 9.59 Å². The van der Waals surface area contributed by atoms with Gasteiger partial charge in [-0.05, 0) is 54.8 Å². The minimum absolute atomic E-state index is 0.170. The van der Waals surface area contributed by atoms with Crippen LogP contribution >= 0.6 is 23.2 Å². The summed E-state index contributed by atoms with van der Waals surface area (Å²) in [6.45, 7) is 3.13. The monoisotopic (exact) mass is 588 g/mol. The summed E-state index contributed by atoms with van der Waals surface area (Å²) < 4.78 is 0. The van der Waals surface area contributed by atoms with Crippen LogP contribution < -0.4 is 16.4 Å². The van der Waals surface area contributed by atoms with E-state index in [0.29, 0.717) is 29.6 Å². The maximum atomic E-state index is 11.6. The molecule has 5 rings (SSSR count). The van der Waals surface area contributed by atoms with E-state index >= 15 is 0 Å². The highest BCUT2D eigenvalue weighted by molar-refractivity contribution is 6.42. The van der Waals surface area contributed by atoms with E-state index in [1.165, 1.54) is 6.08 Å². The van der Waals surface area contributed by atoms with Crippen molar-refractivity contribution in [2.45, 2.75) is 19.8 Å². The van der Waals surface area contributed by atoms with Crippen molar-refractivity contribution < 1.29 is 9.59 Å². The van der Waals surface area contributed by atoms with E-state index in [1.807, 2.05) is 67.7 Å². The molecule has 210 valence electrons. The van der Waals surface area contributed by atoms with Crippen LogP contribution in [-0.4, -0.2) is 35.2 Å². The van der Waals surface area contributed by atoms with E-state index in [4.69, 9.17) is 28.9 Å². The third-order valence-corrected chi connectivity index (χ3v) is 6.48. The molecule has 2 heterocycles. The minimum Gasteiger partial charge on any atom is -0.398 e. The summed E-state index contributed by atoms with van der Waals surface area (Å²) in [6, 6.07) is 20.6. The van der Waals surface area contributed by atoms with E-state index in [0.717, 1.165) is 44.9 Å². The van der Waals surface area contributed by atoms with E-state index < -0.39 is 0 Å². The number of aliphatic imine (C=N–C) groups is 1. The number of aromatic nitrogens is 2. The number of hydrogen-bond acceptors (Lipinski definition) is 6. The molecule has 0 atom stereocenters. The van der Waals surface area contributed by atoms with Crippen molar-refractivity contribution in [3.8, 4) is 0 Å². The molecular weight excluding hydrogens is 559 g/mol. The van der Waals surface area contributed by atoms with Gasteiger partial charge in [-0.1, -0.05) is 60.5 Å². The Bertz CT molecular complexity index is 1630. The molecule has 0 fully saturated rings. The first-order valence-electron chi connectivity index (χ1n) is 12.9. The normalized spacial score (nSPS) is 9.93. The van der Waals surface area contributed by atoms with Gasteiger partial charge in [0.15, 0.2) is 0 Å². The van der Waals surface area contributed by atoms with Gasteiger partial charge in [0.2, 0.25) is 6.08 Å². The van der Waals surface area contributed by atoms with Gasteiger partial charge >= 0.3 is 6.03 Å². The molecule has 5 aromatic rings. The number of halogens is 2. The number of nitrogens with two attached hydrogens (primary N) is 1. The average Bonchev–Trinajstić information content (AvgIpc) is 2.99. The molecule has 0 bridgehead atoms. The molecule has 0 saturated heterocycles. The summed E-state index contributed by atoms with van der Waals surface area (Å²) in [5.74, 6) is 0. The van der Waals surface area contributed by atoms with Gasteiger partial charge in [-0.3, -0.25) is 9.97 Å². The second kappa shape index (κ2) is 16.6. The van der Waals surface area contributed by atoms with Crippen molar-refractivity contribution in [2.75, 3.05) is 24.1 Å². The first kappa shape index (κ1) is 31.0. The molecule has 0 saturated carbocycles. The predicted octanol–water partition coefficient (Wildman–Crippen LogP) is 7.46. The Morgan fingerprint density at radius 2 is 1.61 bits per heavy atom. The van der Waals surface area contributed by atoms with Gasteiger partial charge < -0.3 is 16.4 Å². The largest absolute Gasteiger partial charge is 0.398 e. The molecule has 8 nitrogen and oxygen atoms in total. The standard InChI is InChI=1S/C13H15N3O.C9H7Cl2NO.C9H8N2/c1-2-7-15-13(17)16-12-5-3-4-10-9-14-8-6-11(10)12;10-8-2-1-7(5-9(8)11)3-4-12-6-13;10-9-3-1-2-7-6-11-5-4-8(7)9/h3-6,8-9H,2,7H2,1H3,(H2,15,16,17);1-2,5H,3-4H2;1-6H,10H2. The van der Waals surface area contributed by atoms with Gasteiger partial charge in [-0.15, -0.1) is 0 Å².